The van der Waals surface area contributed by atoms with Gasteiger partial charge in [0, 0.05) is 5.92 Å². The second-order valence-corrected chi connectivity index (χ2v) is 8.85. The molecular weight excluding hydrogens is 386 g/mol. The lowest BCUT2D eigenvalue weighted by Crippen LogP contribution is -2.52. The molecule has 3 atom stereocenters. The summed E-state index contributed by atoms with van der Waals surface area (Å²) in [5.74, 6) is -3.11. The van der Waals surface area contributed by atoms with Crippen LogP contribution in [-0.4, -0.2) is 63.7 Å². The highest BCUT2D eigenvalue weighted by Gasteiger charge is 2.25. The third-order valence-electron chi connectivity index (χ3n) is 3.64. The van der Waals surface area contributed by atoms with Gasteiger partial charge >= 0.3 is 5.97 Å². The monoisotopic (exact) mass is 417 g/mol. The topological polar surface area (TPSA) is 142 Å². The number of carboxylic acids is 1. The van der Waals surface area contributed by atoms with Gasteiger partial charge in [0.05, 0.1) is 24.3 Å². The minimum absolute atomic E-state index is 0.0446. The smallest absolute Gasteiger partial charge is 0.305 e. The van der Waals surface area contributed by atoms with E-state index in [-0.39, 0.29) is 29.9 Å². The van der Waals surface area contributed by atoms with Gasteiger partial charge in [-0.2, -0.15) is 0 Å². The Balaban J connectivity index is 4.55. The van der Waals surface area contributed by atoms with Crippen LogP contribution in [0.5, 0.6) is 0 Å². The van der Waals surface area contributed by atoms with Gasteiger partial charge in [0.25, 0.3) is 0 Å². The number of carboxylic acid groups (broad SMARTS) is 1. The fraction of sp³-hybridized carbons (Fsp3) is 0.722. The summed E-state index contributed by atoms with van der Waals surface area (Å²) < 4.78 is 0. The first-order valence-electron chi connectivity index (χ1n) is 9.13. The summed E-state index contributed by atoms with van der Waals surface area (Å²) in [5, 5.41) is 15.5. The zero-order valence-corrected chi connectivity index (χ0v) is 18.0. The van der Waals surface area contributed by atoms with Crippen LogP contribution < -0.4 is 16.0 Å². The Hall–Kier alpha value is -2.10. The second-order valence-electron chi connectivity index (χ2n) is 7.07. The van der Waals surface area contributed by atoms with Crippen LogP contribution in [0.4, 0.5) is 0 Å². The van der Waals surface area contributed by atoms with Crippen molar-refractivity contribution in [3.05, 3.63) is 0 Å². The lowest BCUT2D eigenvalue weighted by atomic mass is 10.0. The molecule has 0 aliphatic heterocycles. The quantitative estimate of drug-likeness (QED) is 0.358. The van der Waals surface area contributed by atoms with E-state index in [2.05, 4.69) is 16.0 Å². The number of carbonyl (C=O) groups excluding carboxylic acids is 4. The first-order chi connectivity index (χ1) is 12.8. The summed E-state index contributed by atoms with van der Waals surface area (Å²) in [6.07, 6.45) is -0.350. The van der Waals surface area contributed by atoms with Crippen LogP contribution >= 0.6 is 11.8 Å². The Morgan fingerprint density at radius 1 is 0.857 bits per heavy atom. The minimum atomic E-state index is -1.10. The van der Waals surface area contributed by atoms with Crippen LogP contribution in [0.3, 0.4) is 0 Å². The lowest BCUT2D eigenvalue weighted by Gasteiger charge is -2.20. The Morgan fingerprint density at radius 3 is 1.89 bits per heavy atom. The van der Waals surface area contributed by atoms with E-state index in [1.165, 1.54) is 18.7 Å². The summed E-state index contributed by atoms with van der Waals surface area (Å²) in [4.78, 5) is 58.9. The maximum atomic E-state index is 12.1. The molecule has 0 aliphatic carbocycles. The fourth-order valence-electron chi connectivity index (χ4n) is 2.24. The van der Waals surface area contributed by atoms with Crippen molar-refractivity contribution in [2.75, 3.05) is 6.54 Å². The minimum Gasteiger partial charge on any atom is -0.481 e. The van der Waals surface area contributed by atoms with Crippen LogP contribution in [0.2, 0.25) is 0 Å². The van der Waals surface area contributed by atoms with Crippen LogP contribution in [0.25, 0.3) is 0 Å². The van der Waals surface area contributed by atoms with Gasteiger partial charge in [0.15, 0.2) is 5.78 Å². The zero-order valence-electron chi connectivity index (χ0n) is 17.2. The number of rotatable bonds is 12. The van der Waals surface area contributed by atoms with Gasteiger partial charge in [-0.25, -0.2) is 0 Å². The molecule has 160 valence electrons. The van der Waals surface area contributed by atoms with Crippen molar-refractivity contribution in [2.24, 2.45) is 5.92 Å². The molecule has 1 unspecified atom stereocenters. The van der Waals surface area contributed by atoms with Crippen LogP contribution in [0.15, 0.2) is 0 Å². The molecule has 0 aromatic heterocycles. The van der Waals surface area contributed by atoms with E-state index in [1.54, 1.807) is 20.8 Å². The number of Topliss-reactive ketones (excluding diaryl/α,β-unsaturated/α-hetero) is 1. The number of aliphatic carboxylic acids is 1. The summed E-state index contributed by atoms with van der Waals surface area (Å²) >= 11 is 1.20. The maximum Gasteiger partial charge on any atom is 0.305 e. The van der Waals surface area contributed by atoms with Gasteiger partial charge in [-0.1, -0.05) is 27.7 Å². The van der Waals surface area contributed by atoms with E-state index < -0.39 is 41.0 Å². The average molecular weight is 418 g/mol. The first kappa shape index (κ1) is 25.9. The van der Waals surface area contributed by atoms with Crippen LogP contribution in [0.1, 0.15) is 48.0 Å². The number of thioether (sulfide) groups is 1. The Bertz CT molecular complexity index is 594. The van der Waals surface area contributed by atoms with E-state index >= 15 is 0 Å². The SMILES string of the molecule is CC(C)SC(CC(=O)O)C(=O)NCC(=O)N[C@@H](C)C(=O)N[C@@H](C)C(=O)C(C)C. The summed E-state index contributed by atoms with van der Waals surface area (Å²) in [5.41, 5.74) is 0. The molecule has 0 heterocycles. The number of amides is 3. The molecule has 9 nitrogen and oxygen atoms in total. The van der Waals surface area contributed by atoms with Crippen LogP contribution in [0, 0.1) is 5.92 Å². The van der Waals surface area contributed by atoms with Gasteiger partial charge < -0.3 is 21.1 Å². The van der Waals surface area contributed by atoms with Crippen molar-refractivity contribution in [3.63, 3.8) is 0 Å². The molecule has 4 N–H and O–H groups in total. The highest BCUT2D eigenvalue weighted by atomic mass is 32.2. The predicted molar refractivity (Wildman–Crippen MR) is 107 cm³/mol. The zero-order chi connectivity index (χ0) is 22.0. The van der Waals surface area contributed by atoms with E-state index in [4.69, 9.17) is 5.11 Å². The molecule has 10 heteroatoms. The normalized spacial score (nSPS) is 14.1. The first-order valence-corrected chi connectivity index (χ1v) is 10.1. The van der Waals surface area contributed by atoms with Crippen molar-refractivity contribution >= 4 is 41.2 Å². The molecule has 3 amide bonds. The number of nitrogens with one attached hydrogen (secondary N) is 3. The van der Waals surface area contributed by atoms with Gasteiger partial charge in [-0.15, -0.1) is 11.8 Å². The Labute approximate surface area is 169 Å². The van der Waals surface area contributed by atoms with Gasteiger partial charge in [-0.3, -0.25) is 24.0 Å². The van der Waals surface area contributed by atoms with Crippen LogP contribution in [-0.2, 0) is 24.0 Å². The molecule has 28 heavy (non-hydrogen) atoms. The summed E-state index contributed by atoms with van der Waals surface area (Å²) in [6, 6.07) is -1.57. The van der Waals surface area contributed by atoms with Gasteiger partial charge in [0.1, 0.15) is 6.04 Å². The third kappa shape index (κ3) is 10.3. The molecule has 0 aromatic carbocycles. The van der Waals surface area contributed by atoms with Crippen molar-refractivity contribution in [1.29, 1.82) is 0 Å². The molecule has 0 spiro atoms. The molecule has 0 bridgehead atoms. The molecule has 0 saturated heterocycles. The number of hydrogen-bond acceptors (Lipinski definition) is 6. The average Bonchev–Trinajstić information content (AvgIpc) is 2.57. The number of hydrogen-bond donors (Lipinski definition) is 4. The summed E-state index contributed by atoms with van der Waals surface area (Å²) in [6.45, 7) is 9.79. The Morgan fingerprint density at radius 2 is 1.43 bits per heavy atom. The van der Waals surface area contributed by atoms with Crippen molar-refractivity contribution in [3.8, 4) is 0 Å². The molecule has 0 aromatic rings. The van der Waals surface area contributed by atoms with Gasteiger partial charge in [-0.05, 0) is 19.1 Å². The fourth-order valence-corrected chi connectivity index (χ4v) is 3.34. The number of ketones is 1. The molecular formula is C18H31N3O6S. The van der Waals surface area contributed by atoms with Crippen molar-refractivity contribution < 1.29 is 29.1 Å². The third-order valence-corrected chi connectivity index (χ3v) is 4.89. The van der Waals surface area contributed by atoms with E-state index in [0.29, 0.717) is 0 Å². The summed E-state index contributed by atoms with van der Waals surface area (Å²) in [7, 11) is 0. The van der Waals surface area contributed by atoms with E-state index in [1.807, 2.05) is 13.8 Å². The maximum absolute atomic E-state index is 12.1. The standard InChI is InChI=1S/C18H31N3O6S/c1-9(2)16(25)11(5)21-17(26)12(6)20-14(22)8-19-18(27)13(7-15(23)24)28-10(3)4/h9-13H,7-8H2,1-6H3,(H,19,27)(H,20,22)(H,21,26)(H,23,24)/t11-,12-,13?/m0/s1. The van der Waals surface area contributed by atoms with Gasteiger partial charge in [0.2, 0.25) is 17.7 Å². The Kier molecular flexibility index (Phi) is 11.4. The molecule has 0 fully saturated rings. The molecule has 0 saturated carbocycles. The number of carbonyl (C=O) groups is 5. The highest BCUT2D eigenvalue weighted by molar-refractivity contribution is 8.01. The molecule has 0 radical (unpaired) electrons. The molecule has 0 rings (SSSR count). The largest absolute Gasteiger partial charge is 0.481 e. The lowest BCUT2D eigenvalue weighted by molar-refractivity contribution is -0.138. The highest BCUT2D eigenvalue weighted by Crippen LogP contribution is 2.20. The second kappa shape index (κ2) is 12.4. The van der Waals surface area contributed by atoms with E-state index in [9.17, 15) is 24.0 Å². The molecule has 0 aliphatic rings. The predicted octanol–water partition coefficient (Wildman–Crippen LogP) is 0.322. The van der Waals surface area contributed by atoms with Crippen molar-refractivity contribution in [1.82, 2.24) is 16.0 Å². The van der Waals surface area contributed by atoms with E-state index in [0.717, 1.165) is 0 Å². The van der Waals surface area contributed by atoms with Crippen molar-refractivity contribution in [2.45, 2.75) is 70.5 Å².